The second-order valence-corrected chi connectivity index (χ2v) is 19.5. The molecule has 0 spiro atoms. The molecule has 1 aliphatic rings. The maximum Gasteiger partial charge on any atom is 0.407 e. The molecule has 62 heavy (non-hydrogen) atoms. The number of likely N-dealkylation sites (tertiary alicyclic amines) is 1. The summed E-state index contributed by atoms with van der Waals surface area (Å²) in [6, 6.07) is 11.5. The van der Waals surface area contributed by atoms with Crippen LogP contribution in [0.3, 0.4) is 0 Å². The molecule has 6 atom stereocenters. The summed E-state index contributed by atoms with van der Waals surface area (Å²) in [5.74, 6) is -1.47. The van der Waals surface area contributed by atoms with Crippen LogP contribution in [-0.4, -0.2) is 87.2 Å². The molecule has 4 rings (SSSR count). The number of aryl methyl sites for hydroxylation is 3. The zero-order chi connectivity index (χ0) is 45.9. The molecule has 0 bridgehead atoms. The number of aliphatic hydroxyl groups is 1. The Labute approximate surface area is 371 Å². The van der Waals surface area contributed by atoms with Crippen LogP contribution in [0.4, 0.5) is 4.79 Å². The number of ether oxygens (including phenoxy) is 2. The first-order chi connectivity index (χ1) is 29.0. The third kappa shape index (κ3) is 14.9. The summed E-state index contributed by atoms with van der Waals surface area (Å²) in [4.78, 5) is 71.9. The number of aromatic nitrogens is 1. The van der Waals surface area contributed by atoms with Crippen LogP contribution in [0.25, 0.3) is 10.4 Å². The highest BCUT2D eigenvalue weighted by atomic mass is 32.1. The van der Waals surface area contributed by atoms with Crippen molar-refractivity contribution < 1.29 is 38.6 Å². The van der Waals surface area contributed by atoms with Gasteiger partial charge in [-0.3, -0.25) is 19.2 Å². The van der Waals surface area contributed by atoms with Gasteiger partial charge in [-0.1, -0.05) is 63.2 Å². The molecule has 6 N–H and O–H groups in total. The number of amides is 5. The SMILES string of the molecule is Cc1cc(CCCCC(=O)N[C@H](C(=O)N2C[C@H](O)C[C@H]2C(=O)N[C@@H](C)c2ccc(-c3scnc3C)cc2)C(C)(C)C)ccc1CO[C@H](C)[C@H](CCC(N)=O)NC(=O)OC(C)(C)C. The van der Waals surface area contributed by atoms with Crippen molar-refractivity contribution >= 4 is 41.1 Å². The largest absolute Gasteiger partial charge is 0.444 e. The number of benzene rings is 2. The van der Waals surface area contributed by atoms with E-state index in [0.717, 1.165) is 51.2 Å². The van der Waals surface area contributed by atoms with Crippen LogP contribution in [0.1, 0.15) is 128 Å². The summed E-state index contributed by atoms with van der Waals surface area (Å²) in [5, 5.41) is 19.5. The zero-order valence-electron chi connectivity index (χ0n) is 38.1. The molecule has 0 unspecified atom stereocenters. The van der Waals surface area contributed by atoms with E-state index in [0.29, 0.717) is 19.4 Å². The molecule has 3 aromatic rings. The van der Waals surface area contributed by atoms with E-state index >= 15 is 0 Å². The second-order valence-electron chi connectivity index (χ2n) is 18.6. The molecule has 1 aliphatic heterocycles. The van der Waals surface area contributed by atoms with Crippen LogP contribution < -0.4 is 21.7 Å². The Bertz CT molecular complexity index is 2010. The fourth-order valence-corrected chi connectivity index (χ4v) is 8.27. The lowest BCUT2D eigenvalue weighted by Gasteiger charge is -2.35. The minimum atomic E-state index is -0.901. The van der Waals surface area contributed by atoms with Gasteiger partial charge in [0.1, 0.15) is 17.7 Å². The highest BCUT2D eigenvalue weighted by Crippen LogP contribution is 2.30. The molecular weight excluding hydrogens is 809 g/mol. The van der Waals surface area contributed by atoms with Crippen LogP contribution in [0.5, 0.6) is 0 Å². The number of rotatable bonds is 19. The quantitative estimate of drug-likeness (QED) is 0.0826. The van der Waals surface area contributed by atoms with Gasteiger partial charge in [-0.25, -0.2) is 9.78 Å². The number of hydrogen-bond donors (Lipinski definition) is 5. The van der Waals surface area contributed by atoms with Crippen LogP contribution in [0.2, 0.25) is 0 Å². The smallest absolute Gasteiger partial charge is 0.407 e. The number of hydrogen-bond acceptors (Lipinski definition) is 10. The molecule has 340 valence electrons. The molecule has 0 radical (unpaired) electrons. The number of β-amino-alcohol motifs (C(OH)–C–C–N with tert-alkyl or cyclic N) is 1. The van der Waals surface area contributed by atoms with Gasteiger partial charge in [0.25, 0.3) is 0 Å². The molecule has 1 fully saturated rings. The van der Waals surface area contributed by atoms with Gasteiger partial charge in [-0.05, 0) is 107 Å². The van der Waals surface area contributed by atoms with Gasteiger partial charge in [-0.2, -0.15) is 0 Å². The highest BCUT2D eigenvalue weighted by Gasteiger charge is 2.44. The van der Waals surface area contributed by atoms with E-state index in [1.807, 2.05) is 90.4 Å². The lowest BCUT2D eigenvalue weighted by Crippen LogP contribution is -2.57. The van der Waals surface area contributed by atoms with E-state index in [9.17, 15) is 29.1 Å². The maximum absolute atomic E-state index is 14.1. The zero-order valence-corrected chi connectivity index (χ0v) is 38.9. The van der Waals surface area contributed by atoms with E-state index in [-0.39, 0.29) is 43.7 Å². The Balaban J connectivity index is 1.27. The van der Waals surface area contributed by atoms with Crippen molar-refractivity contribution in [3.63, 3.8) is 0 Å². The number of thiazole rings is 1. The van der Waals surface area contributed by atoms with E-state index in [4.69, 9.17) is 15.2 Å². The average Bonchev–Trinajstić information content (AvgIpc) is 3.80. The Morgan fingerprint density at radius 1 is 0.952 bits per heavy atom. The van der Waals surface area contributed by atoms with Crippen molar-refractivity contribution in [2.24, 2.45) is 11.1 Å². The van der Waals surface area contributed by atoms with Gasteiger partial charge >= 0.3 is 6.09 Å². The minimum absolute atomic E-state index is 0.00277. The molecule has 0 saturated carbocycles. The van der Waals surface area contributed by atoms with Crippen molar-refractivity contribution in [3.8, 4) is 10.4 Å². The molecular formula is C47H68N6O8S. The molecule has 1 saturated heterocycles. The normalized spacial score (nSPS) is 17.4. The highest BCUT2D eigenvalue weighted by molar-refractivity contribution is 7.13. The van der Waals surface area contributed by atoms with Crippen molar-refractivity contribution in [1.82, 2.24) is 25.8 Å². The van der Waals surface area contributed by atoms with Gasteiger partial charge in [0, 0.05) is 25.8 Å². The Morgan fingerprint density at radius 3 is 2.24 bits per heavy atom. The molecule has 14 nitrogen and oxygen atoms in total. The van der Waals surface area contributed by atoms with Gasteiger partial charge in [0.05, 0.1) is 47.0 Å². The first-order valence-electron chi connectivity index (χ1n) is 21.6. The summed E-state index contributed by atoms with van der Waals surface area (Å²) in [6.45, 7) is 18.9. The van der Waals surface area contributed by atoms with E-state index in [1.54, 1.807) is 32.1 Å². The number of alkyl carbamates (subject to hydrolysis) is 1. The minimum Gasteiger partial charge on any atom is -0.444 e. The fraction of sp³-hybridized carbons (Fsp3) is 0.574. The number of nitrogens with one attached hydrogen (secondary N) is 3. The lowest BCUT2D eigenvalue weighted by molar-refractivity contribution is -0.144. The number of unbranched alkanes of at least 4 members (excludes halogenated alkanes) is 1. The van der Waals surface area contributed by atoms with Crippen LogP contribution >= 0.6 is 11.3 Å². The summed E-state index contributed by atoms with van der Waals surface area (Å²) in [6.07, 6.45) is 0.959. The van der Waals surface area contributed by atoms with E-state index in [1.165, 1.54) is 4.90 Å². The third-order valence-electron chi connectivity index (χ3n) is 11.1. The summed E-state index contributed by atoms with van der Waals surface area (Å²) < 4.78 is 11.5. The molecule has 0 aliphatic carbocycles. The Hall–Kier alpha value is -4.86. The molecule has 5 amide bonds. The van der Waals surface area contributed by atoms with Gasteiger partial charge in [-0.15, -0.1) is 11.3 Å². The summed E-state index contributed by atoms with van der Waals surface area (Å²) in [7, 11) is 0. The van der Waals surface area contributed by atoms with Crippen LogP contribution in [0.15, 0.2) is 48.0 Å². The fourth-order valence-electron chi connectivity index (χ4n) is 7.46. The predicted octanol–water partition coefficient (Wildman–Crippen LogP) is 6.57. The van der Waals surface area contributed by atoms with Crippen molar-refractivity contribution in [2.45, 2.75) is 163 Å². The number of nitrogens with zero attached hydrogens (tertiary/aromatic N) is 2. The molecule has 15 heteroatoms. The molecule has 2 heterocycles. The number of carbonyl (C=O) groups is 5. The van der Waals surface area contributed by atoms with Crippen molar-refractivity contribution in [2.75, 3.05) is 6.54 Å². The van der Waals surface area contributed by atoms with E-state index < -0.39 is 59.3 Å². The molecule has 2 aromatic carbocycles. The van der Waals surface area contributed by atoms with Crippen molar-refractivity contribution in [1.29, 1.82) is 0 Å². The number of aliphatic hydroxyl groups excluding tert-OH is 1. The monoisotopic (exact) mass is 876 g/mol. The number of nitrogens with two attached hydrogens (primary N) is 1. The first kappa shape index (κ1) is 49.8. The third-order valence-corrected chi connectivity index (χ3v) is 12.0. The van der Waals surface area contributed by atoms with Gasteiger partial charge in [0.15, 0.2) is 0 Å². The summed E-state index contributed by atoms with van der Waals surface area (Å²) >= 11 is 1.58. The molecule has 1 aromatic heterocycles. The second kappa shape index (κ2) is 22.0. The van der Waals surface area contributed by atoms with Crippen LogP contribution in [-0.2, 0) is 41.7 Å². The Morgan fingerprint density at radius 2 is 1.65 bits per heavy atom. The van der Waals surface area contributed by atoms with Crippen LogP contribution in [0, 0.1) is 19.3 Å². The number of carbonyl (C=O) groups excluding carboxylic acids is 5. The lowest BCUT2D eigenvalue weighted by atomic mass is 9.85. The first-order valence-corrected chi connectivity index (χ1v) is 22.5. The topological polar surface area (TPSA) is 202 Å². The predicted molar refractivity (Wildman–Crippen MR) is 241 cm³/mol. The summed E-state index contributed by atoms with van der Waals surface area (Å²) in [5.41, 5.74) is 11.9. The van der Waals surface area contributed by atoms with Gasteiger partial charge < -0.3 is 41.2 Å². The standard InChI is InChI=1S/C47H68N6O8S/c1-28-23-32(15-16-35(28)26-60-31(4)37(21-22-39(48)55)51-45(59)61-47(8,9)10)13-11-12-14-40(56)52-42(46(5,6)7)44(58)53-25-36(54)24-38(53)43(57)50-29(2)33-17-19-34(20-18-33)41-30(3)49-27-62-41/h15-20,23,27,29,31,36-38,42,54H,11-14,21-22,24-26H2,1-10H3,(H2,48,55)(H,50,57)(H,51,59)(H,52,56)/t29-,31+,36+,37-,38-,42+/m0/s1. The van der Waals surface area contributed by atoms with E-state index in [2.05, 4.69) is 27.0 Å². The maximum atomic E-state index is 14.1. The Kier molecular flexibility index (Phi) is 17.6. The number of primary amides is 1. The average molecular weight is 877 g/mol. The van der Waals surface area contributed by atoms with Crippen molar-refractivity contribution in [3.05, 3.63) is 75.9 Å². The van der Waals surface area contributed by atoms with Gasteiger partial charge in [0.2, 0.25) is 23.6 Å².